The molecule has 0 spiro atoms. The molecule has 2 N–H and O–H groups in total. The minimum Gasteiger partial charge on any atom is -0.481 e. The molecule has 0 saturated carbocycles. The van der Waals surface area contributed by atoms with Gasteiger partial charge in [-0.3, -0.25) is 14.9 Å². The quantitative estimate of drug-likeness (QED) is 0.458. The van der Waals surface area contributed by atoms with Crippen molar-refractivity contribution in [1.29, 1.82) is 0 Å². The molecule has 116 valence electrons. The van der Waals surface area contributed by atoms with E-state index >= 15 is 0 Å². The molecule has 0 aromatic heterocycles. The monoisotopic (exact) mass is 306 g/mol. The maximum absolute atomic E-state index is 12.5. The summed E-state index contributed by atoms with van der Waals surface area (Å²) in [5.41, 5.74) is -1.78. The lowest BCUT2D eigenvalue weighted by Gasteiger charge is -2.10. The number of hydrogen-bond acceptors (Lipinski definition) is 4. The van der Waals surface area contributed by atoms with E-state index in [9.17, 15) is 28.1 Å². The van der Waals surface area contributed by atoms with E-state index in [1.54, 1.807) is 0 Å². The molecule has 1 aromatic rings. The van der Waals surface area contributed by atoms with Gasteiger partial charge < -0.3 is 10.4 Å². The number of benzene rings is 1. The van der Waals surface area contributed by atoms with Crippen LogP contribution in [0, 0.1) is 10.1 Å². The SMILES string of the molecule is O=C(O)CCCCNc1ccc(C(F)(F)F)cc1[N+](=O)[O-]. The molecule has 0 amide bonds. The second-order valence-corrected chi connectivity index (χ2v) is 4.26. The number of carbonyl (C=O) groups is 1. The van der Waals surface area contributed by atoms with Gasteiger partial charge in [0.25, 0.3) is 5.69 Å². The van der Waals surface area contributed by atoms with Crippen molar-refractivity contribution in [2.75, 3.05) is 11.9 Å². The number of aliphatic carboxylic acids is 1. The van der Waals surface area contributed by atoms with Crippen molar-refractivity contribution < 1.29 is 28.0 Å². The van der Waals surface area contributed by atoms with E-state index in [0.717, 1.165) is 12.1 Å². The Hall–Kier alpha value is -2.32. The van der Waals surface area contributed by atoms with E-state index in [1.807, 2.05) is 0 Å². The minimum absolute atomic E-state index is 0.0247. The highest BCUT2D eigenvalue weighted by Gasteiger charge is 2.32. The Kier molecular flexibility index (Phi) is 5.51. The van der Waals surface area contributed by atoms with Crippen LogP contribution in [0.15, 0.2) is 18.2 Å². The van der Waals surface area contributed by atoms with Crippen molar-refractivity contribution in [2.24, 2.45) is 0 Å². The Bertz CT molecular complexity index is 532. The number of carboxylic acid groups (broad SMARTS) is 1. The van der Waals surface area contributed by atoms with Crippen LogP contribution in [-0.2, 0) is 11.0 Å². The number of anilines is 1. The number of alkyl halides is 3. The van der Waals surface area contributed by atoms with Gasteiger partial charge in [0.1, 0.15) is 5.69 Å². The Morgan fingerprint density at radius 3 is 2.52 bits per heavy atom. The summed E-state index contributed by atoms with van der Waals surface area (Å²) < 4.78 is 37.5. The molecule has 21 heavy (non-hydrogen) atoms. The molecule has 0 heterocycles. The van der Waals surface area contributed by atoms with Gasteiger partial charge in [-0.05, 0) is 25.0 Å². The van der Waals surface area contributed by atoms with Gasteiger partial charge in [0.2, 0.25) is 0 Å². The molecule has 0 unspecified atom stereocenters. The first-order chi connectivity index (χ1) is 9.71. The van der Waals surface area contributed by atoms with Crippen molar-refractivity contribution >= 4 is 17.3 Å². The molecular formula is C12H13F3N2O4. The smallest absolute Gasteiger partial charge is 0.416 e. The van der Waals surface area contributed by atoms with Gasteiger partial charge in [-0.15, -0.1) is 0 Å². The Morgan fingerprint density at radius 2 is 2.00 bits per heavy atom. The maximum Gasteiger partial charge on any atom is 0.416 e. The van der Waals surface area contributed by atoms with E-state index in [4.69, 9.17) is 5.11 Å². The highest BCUT2D eigenvalue weighted by Crippen LogP contribution is 2.34. The minimum atomic E-state index is -4.65. The lowest BCUT2D eigenvalue weighted by molar-refractivity contribution is -0.384. The molecule has 6 nitrogen and oxygen atoms in total. The molecule has 0 aliphatic carbocycles. The molecule has 0 aliphatic rings. The van der Waals surface area contributed by atoms with E-state index in [0.29, 0.717) is 18.9 Å². The van der Waals surface area contributed by atoms with Gasteiger partial charge in [-0.25, -0.2) is 0 Å². The van der Waals surface area contributed by atoms with Gasteiger partial charge in [0.05, 0.1) is 10.5 Å². The molecule has 1 rings (SSSR count). The van der Waals surface area contributed by atoms with Gasteiger partial charge in [0.15, 0.2) is 0 Å². The van der Waals surface area contributed by atoms with Crippen LogP contribution in [0.5, 0.6) is 0 Å². The molecule has 0 aliphatic heterocycles. The van der Waals surface area contributed by atoms with Crippen LogP contribution in [0.3, 0.4) is 0 Å². The number of nitrogens with zero attached hydrogens (tertiary/aromatic N) is 1. The van der Waals surface area contributed by atoms with Crippen LogP contribution in [0.25, 0.3) is 0 Å². The van der Waals surface area contributed by atoms with Crippen LogP contribution < -0.4 is 5.32 Å². The van der Waals surface area contributed by atoms with Crippen molar-refractivity contribution in [1.82, 2.24) is 0 Å². The number of nitro benzene ring substituents is 1. The van der Waals surface area contributed by atoms with Crippen molar-refractivity contribution in [3.8, 4) is 0 Å². The van der Waals surface area contributed by atoms with Crippen LogP contribution in [-0.4, -0.2) is 22.5 Å². The summed E-state index contributed by atoms with van der Waals surface area (Å²) in [6.07, 6.45) is -3.87. The fourth-order valence-electron chi connectivity index (χ4n) is 1.63. The second-order valence-electron chi connectivity index (χ2n) is 4.26. The molecule has 0 bridgehead atoms. The highest BCUT2D eigenvalue weighted by atomic mass is 19.4. The van der Waals surface area contributed by atoms with Crippen LogP contribution in [0.4, 0.5) is 24.5 Å². The predicted molar refractivity (Wildman–Crippen MR) is 68.1 cm³/mol. The number of rotatable bonds is 7. The first-order valence-electron chi connectivity index (χ1n) is 6.03. The lowest BCUT2D eigenvalue weighted by Crippen LogP contribution is -2.09. The second kappa shape index (κ2) is 6.91. The maximum atomic E-state index is 12.5. The van der Waals surface area contributed by atoms with Gasteiger partial charge in [0, 0.05) is 19.0 Å². The summed E-state index contributed by atoms with van der Waals surface area (Å²) >= 11 is 0. The van der Waals surface area contributed by atoms with Crippen molar-refractivity contribution in [3.63, 3.8) is 0 Å². The highest BCUT2D eigenvalue weighted by molar-refractivity contribution is 5.66. The molecule has 9 heteroatoms. The zero-order valence-corrected chi connectivity index (χ0v) is 10.8. The van der Waals surface area contributed by atoms with Crippen LogP contribution in [0.2, 0.25) is 0 Å². The third-order valence-corrected chi connectivity index (χ3v) is 2.65. The third-order valence-electron chi connectivity index (χ3n) is 2.65. The number of hydrogen-bond donors (Lipinski definition) is 2. The van der Waals surface area contributed by atoms with Crippen LogP contribution in [0.1, 0.15) is 24.8 Å². The zero-order chi connectivity index (χ0) is 16.0. The first kappa shape index (κ1) is 16.7. The lowest BCUT2D eigenvalue weighted by atomic mass is 10.1. The number of carboxylic acids is 1. The van der Waals surface area contributed by atoms with E-state index in [1.165, 1.54) is 0 Å². The van der Waals surface area contributed by atoms with Crippen molar-refractivity contribution in [2.45, 2.75) is 25.4 Å². The van der Waals surface area contributed by atoms with Crippen LogP contribution >= 0.6 is 0 Å². The van der Waals surface area contributed by atoms with E-state index in [2.05, 4.69) is 5.32 Å². The molecule has 0 saturated heterocycles. The number of halogens is 3. The van der Waals surface area contributed by atoms with E-state index in [-0.39, 0.29) is 18.7 Å². The van der Waals surface area contributed by atoms with Gasteiger partial charge in [-0.2, -0.15) is 13.2 Å². The predicted octanol–water partition coefficient (Wildman–Crippen LogP) is 3.28. The number of nitro groups is 1. The molecular weight excluding hydrogens is 293 g/mol. The fourth-order valence-corrected chi connectivity index (χ4v) is 1.63. The zero-order valence-electron chi connectivity index (χ0n) is 10.8. The average Bonchev–Trinajstić information content (AvgIpc) is 2.36. The van der Waals surface area contributed by atoms with Crippen molar-refractivity contribution in [3.05, 3.63) is 33.9 Å². The average molecular weight is 306 g/mol. The van der Waals surface area contributed by atoms with Gasteiger partial charge in [-0.1, -0.05) is 0 Å². The summed E-state index contributed by atoms with van der Waals surface area (Å²) in [6, 6.07) is 2.23. The summed E-state index contributed by atoms with van der Waals surface area (Å²) in [7, 11) is 0. The summed E-state index contributed by atoms with van der Waals surface area (Å²) in [6.45, 7) is 0.236. The standard InChI is InChI=1S/C12H13F3N2O4/c13-12(14,15)8-4-5-9(10(7-8)17(20)21)16-6-2-1-3-11(18)19/h4-5,7,16H,1-3,6H2,(H,18,19). The Morgan fingerprint density at radius 1 is 1.33 bits per heavy atom. The summed E-state index contributed by atoms with van der Waals surface area (Å²) in [5, 5.41) is 21.9. The molecule has 1 aromatic carbocycles. The first-order valence-corrected chi connectivity index (χ1v) is 6.03. The van der Waals surface area contributed by atoms with E-state index < -0.39 is 28.3 Å². The topological polar surface area (TPSA) is 92.5 Å². The number of unbranched alkanes of at least 4 members (excludes halogenated alkanes) is 1. The Labute approximate surface area is 117 Å². The Balaban J connectivity index is 2.74. The molecule has 0 radical (unpaired) electrons. The molecule has 0 atom stereocenters. The number of nitrogens with one attached hydrogen (secondary N) is 1. The summed E-state index contributed by atoms with van der Waals surface area (Å²) in [4.78, 5) is 20.2. The third kappa shape index (κ3) is 5.28. The summed E-state index contributed by atoms with van der Waals surface area (Å²) in [5.74, 6) is -0.949. The fraction of sp³-hybridized carbons (Fsp3) is 0.417. The van der Waals surface area contributed by atoms with Gasteiger partial charge >= 0.3 is 12.1 Å². The molecule has 0 fully saturated rings. The normalized spacial score (nSPS) is 11.2. The largest absolute Gasteiger partial charge is 0.481 e.